The van der Waals surface area contributed by atoms with Gasteiger partial charge >= 0.3 is 0 Å². The summed E-state index contributed by atoms with van der Waals surface area (Å²) in [5, 5.41) is 0. The second-order valence-electron chi connectivity index (χ2n) is 7.37. The zero-order valence-electron chi connectivity index (χ0n) is 16.9. The molecule has 1 aromatic carbocycles. The number of likely N-dealkylation sites (tertiary alicyclic amines) is 1. The van der Waals surface area contributed by atoms with Crippen molar-refractivity contribution in [3.8, 4) is 5.75 Å². The van der Waals surface area contributed by atoms with Crippen LogP contribution in [0.3, 0.4) is 0 Å². The summed E-state index contributed by atoms with van der Waals surface area (Å²) < 4.78 is 43.5. The van der Waals surface area contributed by atoms with Crippen LogP contribution in [0, 0.1) is 0 Å². The normalized spacial score (nSPS) is 18.9. The predicted octanol–water partition coefficient (Wildman–Crippen LogP) is 1.90. The van der Waals surface area contributed by atoms with Gasteiger partial charge in [0.2, 0.25) is 15.9 Å². The lowest BCUT2D eigenvalue weighted by Gasteiger charge is -2.37. The Labute approximate surface area is 172 Å². The highest BCUT2D eigenvalue weighted by Gasteiger charge is 2.40. The molecular formula is C20H30N2O6S. The third-order valence-corrected chi connectivity index (χ3v) is 6.90. The van der Waals surface area contributed by atoms with E-state index >= 15 is 0 Å². The quantitative estimate of drug-likeness (QED) is 0.606. The minimum Gasteiger partial charge on any atom is -0.497 e. The van der Waals surface area contributed by atoms with Crippen molar-refractivity contribution in [2.75, 3.05) is 40.0 Å². The zero-order chi connectivity index (χ0) is 20.7. The summed E-state index contributed by atoms with van der Waals surface area (Å²) in [5.74, 6) is 0.301. The summed E-state index contributed by atoms with van der Waals surface area (Å²) in [4.78, 5) is 14.4. The van der Waals surface area contributed by atoms with Crippen LogP contribution >= 0.6 is 0 Å². The summed E-state index contributed by atoms with van der Waals surface area (Å²) in [6.07, 6.45) is 4.17. The Bertz CT molecular complexity index is 765. The van der Waals surface area contributed by atoms with Gasteiger partial charge in [0.25, 0.3) is 0 Å². The molecule has 1 N–H and O–H groups in total. The zero-order valence-corrected chi connectivity index (χ0v) is 17.7. The maximum absolute atomic E-state index is 12.4. The van der Waals surface area contributed by atoms with Gasteiger partial charge < -0.3 is 19.1 Å². The summed E-state index contributed by atoms with van der Waals surface area (Å²) in [7, 11) is -1.99. The van der Waals surface area contributed by atoms with Gasteiger partial charge in [0.1, 0.15) is 5.75 Å². The number of unbranched alkanes of at least 4 members (excludes halogenated alkanes) is 2. The third-order valence-electron chi connectivity index (χ3n) is 5.42. The molecule has 1 spiro atoms. The molecule has 0 atom stereocenters. The highest BCUT2D eigenvalue weighted by molar-refractivity contribution is 7.89. The predicted molar refractivity (Wildman–Crippen MR) is 107 cm³/mol. The van der Waals surface area contributed by atoms with Crippen LogP contribution in [0.1, 0.15) is 38.5 Å². The second-order valence-corrected chi connectivity index (χ2v) is 9.14. The SMILES string of the molecule is COc1ccc(S(=O)(=O)NCCCCCC(=O)N2CCC3(CC2)OCCO3)cc1. The van der Waals surface area contributed by atoms with Crippen LogP contribution in [0.25, 0.3) is 0 Å². The molecule has 9 heteroatoms. The van der Waals surface area contributed by atoms with Crippen molar-refractivity contribution >= 4 is 15.9 Å². The van der Waals surface area contributed by atoms with Gasteiger partial charge in [-0.15, -0.1) is 0 Å². The number of hydrogen-bond acceptors (Lipinski definition) is 6. The van der Waals surface area contributed by atoms with Crippen LogP contribution < -0.4 is 9.46 Å². The average Bonchev–Trinajstić information content (AvgIpc) is 3.18. The van der Waals surface area contributed by atoms with Crippen LogP contribution in [0.15, 0.2) is 29.2 Å². The maximum atomic E-state index is 12.4. The first-order chi connectivity index (χ1) is 13.9. The van der Waals surface area contributed by atoms with Gasteiger partial charge in [-0.3, -0.25) is 4.79 Å². The molecule has 0 unspecified atom stereocenters. The van der Waals surface area contributed by atoms with Gasteiger partial charge in [-0.05, 0) is 37.1 Å². The largest absolute Gasteiger partial charge is 0.497 e. The Kier molecular flexibility index (Phi) is 7.50. The van der Waals surface area contributed by atoms with Crippen LogP contribution in [0.2, 0.25) is 0 Å². The molecule has 29 heavy (non-hydrogen) atoms. The van der Waals surface area contributed by atoms with Crippen molar-refractivity contribution in [1.82, 2.24) is 9.62 Å². The summed E-state index contributed by atoms with van der Waals surface area (Å²) in [5.41, 5.74) is 0. The molecule has 2 aliphatic rings. The summed E-state index contributed by atoms with van der Waals surface area (Å²) in [6.45, 7) is 2.96. The molecule has 0 aromatic heterocycles. The molecule has 0 saturated carbocycles. The Hall–Kier alpha value is -1.68. The topological polar surface area (TPSA) is 94.2 Å². The van der Waals surface area contributed by atoms with Crippen molar-refractivity contribution in [1.29, 1.82) is 0 Å². The lowest BCUT2D eigenvalue weighted by molar-refractivity contribution is -0.187. The van der Waals surface area contributed by atoms with E-state index in [1.54, 1.807) is 12.1 Å². The Morgan fingerprint density at radius 3 is 2.38 bits per heavy atom. The maximum Gasteiger partial charge on any atom is 0.240 e. The van der Waals surface area contributed by atoms with Crippen molar-refractivity contribution in [3.05, 3.63) is 24.3 Å². The molecule has 1 aromatic rings. The minimum absolute atomic E-state index is 0.150. The van der Waals surface area contributed by atoms with Gasteiger partial charge in [-0.2, -0.15) is 0 Å². The number of amides is 1. The van der Waals surface area contributed by atoms with Crippen molar-refractivity contribution in [2.24, 2.45) is 0 Å². The first-order valence-electron chi connectivity index (χ1n) is 10.1. The molecule has 1 amide bonds. The number of hydrogen-bond donors (Lipinski definition) is 1. The van der Waals surface area contributed by atoms with Crippen LogP contribution in [-0.4, -0.2) is 65.0 Å². The summed E-state index contributed by atoms with van der Waals surface area (Å²) in [6, 6.07) is 6.27. The van der Waals surface area contributed by atoms with E-state index in [0.717, 1.165) is 25.7 Å². The summed E-state index contributed by atoms with van der Waals surface area (Å²) >= 11 is 0. The highest BCUT2D eigenvalue weighted by Crippen LogP contribution is 2.31. The van der Waals surface area contributed by atoms with Gasteiger partial charge in [-0.25, -0.2) is 13.1 Å². The van der Waals surface area contributed by atoms with E-state index < -0.39 is 15.8 Å². The molecule has 0 aliphatic carbocycles. The third kappa shape index (κ3) is 5.91. The second kappa shape index (κ2) is 9.88. The number of sulfonamides is 1. The van der Waals surface area contributed by atoms with Gasteiger partial charge in [0.05, 0.1) is 25.2 Å². The number of nitrogens with zero attached hydrogens (tertiary/aromatic N) is 1. The first kappa shape index (κ1) is 22.0. The minimum atomic E-state index is -3.52. The molecule has 3 rings (SSSR count). The standard InChI is InChI=1S/C20H30N2O6S/c1-26-17-6-8-18(9-7-17)29(24,25)21-12-4-2-3-5-19(23)22-13-10-20(11-14-22)27-15-16-28-20/h6-9,21H,2-5,10-16H2,1H3. The molecule has 2 fully saturated rings. The average molecular weight is 427 g/mol. The van der Waals surface area contributed by atoms with E-state index in [2.05, 4.69) is 4.72 Å². The number of nitrogens with one attached hydrogen (secondary N) is 1. The van der Waals surface area contributed by atoms with Crippen LogP contribution in [0.4, 0.5) is 0 Å². The highest BCUT2D eigenvalue weighted by atomic mass is 32.2. The fourth-order valence-electron chi connectivity index (χ4n) is 3.66. The van der Waals surface area contributed by atoms with Gasteiger partial charge in [0, 0.05) is 38.9 Å². The van der Waals surface area contributed by atoms with E-state index in [4.69, 9.17) is 14.2 Å². The van der Waals surface area contributed by atoms with Crippen LogP contribution in [0.5, 0.6) is 5.75 Å². The van der Waals surface area contributed by atoms with Crippen LogP contribution in [-0.2, 0) is 24.3 Å². The number of ether oxygens (including phenoxy) is 3. The smallest absolute Gasteiger partial charge is 0.240 e. The van der Waals surface area contributed by atoms with E-state index in [9.17, 15) is 13.2 Å². The number of methoxy groups -OCH3 is 1. The molecule has 8 nitrogen and oxygen atoms in total. The number of piperidine rings is 1. The lowest BCUT2D eigenvalue weighted by atomic mass is 10.0. The van der Waals surface area contributed by atoms with E-state index in [-0.39, 0.29) is 10.8 Å². The van der Waals surface area contributed by atoms with E-state index in [1.165, 1.54) is 19.2 Å². The lowest BCUT2D eigenvalue weighted by Crippen LogP contribution is -2.47. The molecule has 2 aliphatic heterocycles. The Morgan fingerprint density at radius 2 is 1.76 bits per heavy atom. The molecule has 2 saturated heterocycles. The van der Waals surface area contributed by atoms with Crippen molar-refractivity contribution < 1.29 is 27.4 Å². The van der Waals surface area contributed by atoms with E-state index in [0.29, 0.717) is 51.4 Å². The Balaban J connectivity index is 1.30. The Morgan fingerprint density at radius 1 is 1.10 bits per heavy atom. The van der Waals surface area contributed by atoms with Gasteiger partial charge in [-0.1, -0.05) is 6.42 Å². The number of rotatable bonds is 9. The molecular weight excluding hydrogens is 396 g/mol. The van der Waals surface area contributed by atoms with Crippen molar-refractivity contribution in [3.63, 3.8) is 0 Å². The molecule has 162 valence electrons. The molecule has 0 bridgehead atoms. The molecule has 0 radical (unpaired) electrons. The van der Waals surface area contributed by atoms with E-state index in [1.807, 2.05) is 4.90 Å². The number of benzene rings is 1. The molecule has 2 heterocycles. The number of carbonyl (C=O) groups is 1. The van der Waals surface area contributed by atoms with Gasteiger partial charge in [0.15, 0.2) is 5.79 Å². The monoisotopic (exact) mass is 426 g/mol. The first-order valence-corrected chi connectivity index (χ1v) is 11.6. The van der Waals surface area contributed by atoms with Crippen molar-refractivity contribution in [2.45, 2.75) is 49.2 Å². The number of carbonyl (C=O) groups excluding carboxylic acids is 1. The fourth-order valence-corrected chi connectivity index (χ4v) is 4.74. The fraction of sp³-hybridized carbons (Fsp3) is 0.650.